The summed E-state index contributed by atoms with van der Waals surface area (Å²) in [6, 6.07) is 9.45. The fraction of sp³-hybridized carbons (Fsp3) is 0.294. The molecule has 1 atom stereocenters. The SMILES string of the molecule is Cn1c(C(=O)N2CCCC2c2nc3ccccc3[nH]2)cc(Cl)c1Cl. The number of imidazole rings is 1. The van der Waals surface area contributed by atoms with Gasteiger partial charge >= 0.3 is 0 Å². The third kappa shape index (κ3) is 2.39. The molecule has 1 fully saturated rings. The van der Waals surface area contributed by atoms with Crippen molar-refractivity contribution >= 4 is 40.1 Å². The first-order chi connectivity index (χ1) is 11.6. The quantitative estimate of drug-likeness (QED) is 0.743. The number of para-hydroxylation sites is 2. The van der Waals surface area contributed by atoms with Gasteiger partial charge < -0.3 is 14.5 Å². The van der Waals surface area contributed by atoms with Gasteiger partial charge in [-0.25, -0.2) is 4.98 Å². The van der Waals surface area contributed by atoms with Gasteiger partial charge in [0, 0.05) is 13.6 Å². The second kappa shape index (κ2) is 5.83. The van der Waals surface area contributed by atoms with Crippen LogP contribution in [0.1, 0.15) is 35.2 Å². The third-order valence-corrected chi connectivity index (χ3v) is 5.41. The van der Waals surface area contributed by atoms with Crippen LogP contribution in [0.25, 0.3) is 11.0 Å². The number of hydrogen-bond acceptors (Lipinski definition) is 2. The van der Waals surface area contributed by atoms with E-state index in [0.717, 1.165) is 29.7 Å². The van der Waals surface area contributed by atoms with Crippen LogP contribution >= 0.6 is 23.2 Å². The van der Waals surface area contributed by atoms with Crippen LogP contribution < -0.4 is 0 Å². The van der Waals surface area contributed by atoms with Gasteiger partial charge in [-0.05, 0) is 31.0 Å². The van der Waals surface area contributed by atoms with Crippen molar-refractivity contribution < 1.29 is 4.79 Å². The maximum absolute atomic E-state index is 13.0. The average Bonchev–Trinajstić information content (AvgIpc) is 3.27. The summed E-state index contributed by atoms with van der Waals surface area (Å²) < 4.78 is 1.63. The highest BCUT2D eigenvalue weighted by Crippen LogP contribution is 2.34. The standard InChI is InChI=1S/C17H16Cl2N4O/c1-22-14(9-10(18)15(22)19)17(24)23-8-4-7-13(23)16-20-11-5-2-3-6-12(11)21-16/h2-3,5-6,9,13H,4,7-8H2,1H3,(H,20,21). The number of halogens is 2. The Labute approximate surface area is 149 Å². The maximum Gasteiger partial charge on any atom is 0.271 e. The van der Waals surface area contributed by atoms with Gasteiger partial charge in [-0.2, -0.15) is 0 Å². The van der Waals surface area contributed by atoms with E-state index >= 15 is 0 Å². The number of nitrogens with zero attached hydrogens (tertiary/aromatic N) is 3. The maximum atomic E-state index is 13.0. The van der Waals surface area contributed by atoms with Crippen molar-refractivity contribution in [2.45, 2.75) is 18.9 Å². The summed E-state index contributed by atoms with van der Waals surface area (Å²) in [6.45, 7) is 0.695. The number of likely N-dealkylation sites (tertiary alicyclic amines) is 1. The van der Waals surface area contributed by atoms with Crippen molar-refractivity contribution in [3.8, 4) is 0 Å². The summed E-state index contributed by atoms with van der Waals surface area (Å²) in [5, 5.41) is 0.765. The number of fused-ring (bicyclic) bond motifs is 1. The lowest BCUT2D eigenvalue weighted by molar-refractivity contribution is 0.0721. The lowest BCUT2D eigenvalue weighted by Crippen LogP contribution is -2.32. The Bertz CT molecular complexity index is 897. The molecule has 1 saturated heterocycles. The molecule has 124 valence electrons. The van der Waals surface area contributed by atoms with Crippen molar-refractivity contribution in [2.75, 3.05) is 6.54 Å². The second-order valence-electron chi connectivity index (χ2n) is 6.02. The highest BCUT2D eigenvalue weighted by atomic mass is 35.5. The Kier molecular flexibility index (Phi) is 3.77. The van der Waals surface area contributed by atoms with E-state index in [9.17, 15) is 4.79 Å². The molecule has 1 aliphatic heterocycles. The first-order valence-corrected chi connectivity index (χ1v) is 8.58. The lowest BCUT2D eigenvalue weighted by Gasteiger charge is -2.23. The van der Waals surface area contributed by atoms with Gasteiger partial charge in [-0.1, -0.05) is 35.3 Å². The van der Waals surface area contributed by atoms with E-state index in [2.05, 4.69) is 9.97 Å². The molecule has 0 aliphatic carbocycles. The monoisotopic (exact) mass is 362 g/mol. The summed E-state index contributed by atoms with van der Waals surface area (Å²) in [6.07, 6.45) is 1.83. The van der Waals surface area contributed by atoms with E-state index in [1.54, 1.807) is 17.7 Å². The number of nitrogens with one attached hydrogen (secondary N) is 1. The van der Waals surface area contributed by atoms with Crippen molar-refractivity contribution in [1.29, 1.82) is 0 Å². The molecule has 4 rings (SSSR count). The molecule has 5 nitrogen and oxygen atoms in total. The Hall–Kier alpha value is -1.98. The number of aromatic nitrogens is 3. The predicted octanol–water partition coefficient (Wildman–Crippen LogP) is 4.19. The van der Waals surface area contributed by atoms with Crippen molar-refractivity contribution in [2.24, 2.45) is 7.05 Å². The number of carbonyl (C=O) groups is 1. The van der Waals surface area contributed by atoms with Crippen LogP contribution in [-0.4, -0.2) is 31.9 Å². The van der Waals surface area contributed by atoms with E-state index < -0.39 is 0 Å². The number of rotatable bonds is 2. The normalized spacial score (nSPS) is 17.8. The summed E-state index contributed by atoms with van der Waals surface area (Å²) in [4.78, 5) is 22.8. The van der Waals surface area contributed by atoms with Gasteiger partial charge in [-0.3, -0.25) is 4.79 Å². The van der Waals surface area contributed by atoms with Crippen LogP contribution in [-0.2, 0) is 7.05 Å². The minimum absolute atomic E-state index is 0.0580. The zero-order valence-corrected chi connectivity index (χ0v) is 14.6. The van der Waals surface area contributed by atoms with Crippen molar-refractivity contribution in [3.05, 3.63) is 52.0 Å². The van der Waals surface area contributed by atoms with Crippen LogP contribution in [0.2, 0.25) is 10.2 Å². The number of H-pyrrole nitrogens is 1. The van der Waals surface area contributed by atoms with Gasteiger partial charge in [0.05, 0.1) is 22.1 Å². The topological polar surface area (TPSA) is 53.9 Å². The van der Waals surface area contributed by atoms with E-state index in [1.165, 1.54) is 0 Å². The van der Waals surface area contributed by atoms with Crippen LogP contribution in [0.5, 0.6) is 0 Å². The number of carbonyl (C=O) groups excluding carboxylic acids is 1. The highest BCUT2D eigenvalue weighted by molar-refractivity contribution is 6.41. The van der Waals surface area contributed by atoms with Gasteiger partial charge in [0.25, 0.3) is 5.91 Å². The molecule has 3 heterocycles. The second-order valence-corrected chi connectivity index (χ2v) is 6.79. The number of benzene rings is 1. The summed E-state index contributed by atoms with van der Waals surface area (Å²) >= 11 is 12.1. The molecule has 7 heteroatoms. The molecule has 1 N–H and O–H groups in total. The molecule has 0 saturated carbocycles. The molecule has 0 radical (unpaired) electrons. The van der Waals surface area contributed by atoms with E-state index in [4.69, 9.17) is 23.2 Å². The molecule has 1 aromatic carbocycles. The molecule has 24 heavy (non-hydrogen) atoms. The zero-order chi connectivity index (χ0) is 16.8. The van der Waals surface area contributed by atoms with E-state index in [1.807, 2.05) is 29.2 Å². The minimum atomic E-state index is -0.0748. The van der Waals surface area contributed by atoms with E-state index in [0.29, 0.717) is 22.4 Å². The molecule has 2 aromatic heterocycles. The molecule has 3 aromatic rings. The van der Waals surface area contributed by atoms with Gasteiger partial charge in [-0.15, -0.1) is 0 Å². The molecule has 0 bridgehead atoms. The van der Waals surface area contributed by atoms with Crippen molar-refractivity contribution in [1.82, 2.24) is 19.4 Å². The Morgan fingerprint density at radius 3 is 2.83 bits per heavy atom. The number of amides is 1. The van der Waals surface area contributed by atoms with Gasteiger partial charge in [0.15, 0.2) is 0 Å². The Morgan fingerprint density at radius 2 is 2.12 bits per heavy atom. The predicted molar refractivity (Wildman–Crippen MR) is 94.5 cm³/mol. The fourth-order valence-corrected chi connectivity index (χ4v) is 3.69. The Balaban J connectivity index is 1.69. The zero-order valence-electron chi connectivity index (χ0n) is 13.1. The van der Waals surface area contributed by atoms with Crippen LogP contribution in [0.15, 0.2) is 30.3 Å². The third-order valence-electron chi connectivity index (χ3n) is 4.57. The van der Waals surface area contributed by atoms with Crippen LogP contribution in [0.3, 0.4) is 0 Å². The Morgan fingerprint density at radius 1 is 1.33 bits per heavy atom. The average molecular weight is 363 g/mol. The molecule has 1 unspecified atom stereocenters. The number of aromatic amines is 1. The van der Waals surface area contributed by atoms with Gasteiger partial charge in [0.1, 0.15) is 16.7 Å². The molecule has 0 spiro atoms. The van der Waals surface area contributed by atoms with E-state index in [-0.39, 0.29) is 11.9 Å². The van der Waals surface area contributed by atoms with Crippen LogP contribution in [0, 0.1) is 0 Å². The van der Waals surface area contributed by atoms with Crippen LogP contribution in [0.4, 0.5) is 0 Å². The molecule has 1 aliphatic rings. The largest absolute Gasteiger partial charge is 0.340 e. The summed E-state index contributed by atoms with van der Waals surface area (Å²) in [5.74, 6) is 0.753. The summed E-state index contributed by atoms with van der Waals surface area (Å²) in [5.41, 5.74) is 2.39. The molecule has 1 amide bonds. The lowest BCUT2D eigenvalue weighted by atomic mass is 10.2. The minimum Gasteiger partial charge on any atom is -0.340 e. The summed E-state index contributed by atoms with van der Waals surface area (Å²) in [7, 11) is 1.74. The molecular formula is C17H16Cl2N4O. The number of hydrogen-bond donors (Lipinski definition) is 1. The van der Waals surface area contributed by atoms with Crippen molar-refractivity contribution in [3.63, 3.8) is 0 Å². The fourth-order valence-electron chi connectivity index (χ4n) is 3.32. The molecular weight excluding hydrogens is 347 g/mol. The first-order valence-electron chi connectivity index (χ1n) is 7.82. The highest BCUT2D eigenvalue weighted by Gasteiger charge is 2.34. The smallest absolute Gasteiger partial charge is 0.271 e. The first kappa shape index (κ1) is 15.5. The van der Waals surface area contributed by atoms with Gasteiger partial charge in [0.2, 0.25) is 0 Å².